The standard InChI is InChI=1S/C24H27NO4S/c26-24(9-12-27-11-8-19-6-7-23-21(14-19)10-13-30-23)25-15-22(16-25)29-18-28-17-20-4-2-1-3-5-20/h1-7,10,13-14,22H,8-9,11-12,15-18H2. The van der Waals surface area contributed by atoms with Crippen LogP contribution in [0.15, 0.2) is 60.0 Å². The van der Waals surface area contributed by atoms with Crippen molar-refractivity contribution >= 4 is 27.3 Å². The largest absolute Gasteiger partial charge is 0.381 e. The molecule has 0 radical (unpaired) electrons. The Labute approximate surface area is 181 Å². The Kier molecular flexibility index (Phi) is 7.48. The van der Waals surface area contributed by atoms with Gasteiger partial charge in [0, 0.05) is 17.8 Å². The number of hydrogen-bond acceptors (Lipinski definition) is 5. The second-order valence-electron chi connectivity index (χ2n) is 7.44. The molecule has 1 amide bonds. The molecule has 0 saturated carbocycles. The normalized spacial score (nSPS) is 14.2. The average Bonchev–Trinajstić information content (AvgIpc) is 3.20. The summed E-state index contributed by atoms with van der Waals surface area (Å²) in [6, 6.07) is 18.7. The molecule has 6 heteroatoms. The van der Waals surface area contributed by atoms with E-state index >= 15 is 0 Å². The molecule has 158 valence electrons. The Bertz CT molecular complexity index is 937. The van der Waals surface area contributed by atoms with Gasteiger partial charge in [-0.1, -0.05) is 42.5 Å². The van der Waals surface area contributed by atoms with Crippen molar-refractivity contribution in [3.8, 4) is 0 Å². The van der Waals surface area contributed by atoms with Crippen molar-refractivity contribution in [3.05, 3.63) is 71.1 Å². The summed E-state index contributed by atoms with van der Waals surface area (Å²) >= 11 is 1.76. The van der Waals surface area contributed by atoms with E-state index in [0.717, 1.165) is 12.0 Å². The summed E-state index contributed by atoms with van der Waals surface area (Å²) in [7, 11) is 0. The highest BCUT2D eigenvalue weighted by atomic mass is 32.1. The van der Waals surface area contributed by atoms with E-state index in [1.54, 1.807) is 11.3 Å². The van der Waals surface area contributed by atoms with Crippen LogP contribution in [0.1, 0.15) is 17.5 Å². The van der Waals surface area contributed by atoms with Gasteiger partial charge >= 0.3 is 0 Å². The number of carbonyl (C=O) groups excluding carboxylic acids is 1. The molecule has 1 aliphatic heterocycles. The monoisotopic (exact) mass is 425 g/mol. The van der Waals surface area contributed by atoms with Crippen LogP contribution in [-0.4, -0.2) is 50.0 Å². The van der Waals surface area contributed by atoms with E-state index < -0.39 is 0 Å². The molecule has 2 heterocycles. The molecule has 1 aliphatic rings. The molecule has 1 aromatic heterocycles. The maximum absolute atomic E-state index is 12.2. The lowest BCUT2D eigenvalue weighted by Gasteiger charge is -2.38. The summed E-state index contributed by atoms with van der Waals surface area (Å²) in [5, 5.41) is 3.40. The van der Waals surface area contributed by atoms with Gasteiger partial charge in [-0.2, -0.15) is 0 Å². The van der Waals surface area contributed by atoms with Crippen molar-refractivity contribution in [2.24, 2.45) is 0 Å². The van der Waals surface area contributed by atoms with E-state index in [9.17, 15) is 4.79 Å². The summed E-state index contributed by atoms with van der Waals surface area (Å²) in [5.41, 5.74) is 2.39. The molecule has 0 spiro atoms. The molecule has 0 aliphatic carbocycles. The van der Waals surface area contributed by atoms with Gasteiger partial charge < -0.3 is 19.1 Å². The lowest BCUT2D eigenvalue weighted by molar-refractivity contribution is -0.161. The van der Waals surface area contributed by atoms with Crippen LogP contribution in [0.4, 0.5) is 0 Å². The number of carbonyl (C=O) groups is 1. The van der Waals surface area contributed by atoms with Crippen molar-refractivity contribution in [2.45, 2.75) is 25.6 Å². The summed E-state index contributed by atoms with van der Waals surface area (Å²) in [6.45, 7) is 3.15. The number of thiophene rings is 1. The average molecular weight is 426 g/mol. The number of fused-ring (bicyclic) bond motifs is 1. The maximum atomic E-state index is 12.2. The second-order valence-corrected chi connectivity index (χ2v) is 8.39. The first-order valence-electron chi connectivity index (χ1n) is 10.3. The first kappa shape index (κ1) is 21.0. The zero-order valence-corrected chi connectivity index (χ0v) is 17.8. The summed E-state index contributed by atoms with van der Waals surface area (Å²) < 4.78 is 18.2. The van der Waals surface area contributed by atoms with Crippen molar-refractivity contribution in [1.82, 2.24) is 4.90 Å². The van der Waals surface area contributed by atoms with Gasteiger partial charge in [0.1, 0.15) is 6.79 Å². The number of nitrogens with zero attached hydrogens (tertiary/aromatic N) is 1. The highest BCUT2D eigenvalue weighted by Gasteiger charge is 2.30. The van der Waals surface area contributed by atoms with E-state index in [0.29, 0.717) is 39.3 Å². The van der Waals surface area contributed by atoms with Crippen molar-refractivity contribution in [1.29, 1.82) is 0 Å². The van der Waals surface area contributed by atoms with Crippen LogP contribution in [0, 0.1) is 0 Å². The van der Waals surface area contributed by atoms with Crippen LogP contribution in [0.2, 0.25) is 0 Å². The molecule has 5 nitrogen and oxygen atoms in total. The van der Waals surface area contributed by atoms with E-state index in [2.05, 4.69) is 29.6 Å². The molecule has 0 unspecified atom stereocenters. The lowest BCUT2D eigenvalue weighted by atomic mass is 10.1. The number of hydrogen-bond donors (Lipinski definition) is 0. The van der Waals surface area contributed by atoms with Crippen LogP contribution in [0.3, 0.4) is 0 Å². The van der Waals surface area contributed by atoms with Crippen molar-refractivity contribution in [3.63, 3.8) is 0 Å². The van der Waals surface area contributed by atoms with Crippen LogP contribution >= 0.6 is 11.3 Å². The minimum Gasteiger partial charge on any atom is -0.381 e. The molecule has 3 aromatic rings. The van der Waals surface area contributed by atoms with Crippen LogP contribution in [0.25, 0.3) is 10.1 Å². The van der Waals surface area contributed by atoms with E-state index in [-0.39, 0.29) is 18.8 Å². The highest BCUT2D eigenvalue weighted by molar-refractivity contribution is 7.17. The molecule has 2 aromatic carbocycles. The maximum Gasteiger partial charge on any atom is 0.225 e. The van der Waals surface area contributed by atoms with Gasteiger partial charge in [-0.05, 0) is 40.4 Å². The number of ether oxygens (including phenoxy) is 3. The van der Waals surface area contributed by atoms with Crippen molar-refractivity contribution < 1.29 is 19.0 Å². The number of benzene rings is 2. The predicted molar refractivity (Wildman–Crippen MR) is 119 cm³/mol. The molecule has 30 heavy (non-hydrogen) atoms. The van der Waals surface area contributed by atoms with Crippen molar-refractivity contribution in [2.75, 3.05) is 33.1 Å². The first-order chi connectivity index (χ1) is 14.8. The SMILES string of the molecule is O=C(CCOCCc1ccc2sccc2c1)N1CC(OCOCc2ccccc2)C1. The second kappa shape index (κ2) is 10.7. The van der Waals surface area contributed by atoms with Crippen LogP contribution in [-0.2, 0) is 32.0 Å². The molecular formula is C24H27NO4S. The fourth-order valence-electron chi connectivity index (χ4n) is 3.41. The Balaban J connectivity index is 1.03. The van der Waals surface area contributed by atoms with E-state index in [1.165, 1.54) is 15.6 Å². The van der Waals surface area contributed by atoms with Crippen LogP contribution in [0.5, 0.6) is 0 Å². The van der Waals surface area contributed by atoms with Gasteiger partial charge in [-0.25, -0.2) is 0 Å². The van der Waals surface area contributed by atoms with Gasteiger partial charge in [0.05, 0.1) is 32.3 Å². The van der Waals surface area contributed by atoms with Gasteiger partial charge in [0.25, 0.3) is 0 Å². The molecular weight excluding hydrogens is 398 g/mol. The first-order valence-corrected chi connectivity index (χ1v) is 11.2. The fraction of sp³-hybridized carbons (Fsp3) is 0.375. The predicted octanol–water partition coefficient (Wildman–Crippen LogP) is 4.25. The third kappa shape index (κ3) is 5.89. The number of amides is 1. The van der Waals surface area contributed by atoms with E-state index in [4.69, 9.17) is 14.2 Å². The topological polar surface area (TPSA) is 48.0 Å². The molecule has 1 fully saturated rings. The Morgan fingerprint density at radius 2 is 1.87 bits per heavy atom. The zero-order valence-electron chi connectivity index (χ0n) is 17.0. The fourth-order valence-corrected chi connectivity index (χ4v) is 4.18. The van der Waals surface area contributed by atoms with Gasteiger partial charge in [0.2, 0.25) is 5.91 Å². The highest BCUT2D eigenvalue weighted by Crippen LogP contribution is 2.22. The minimum atomic E-state index is 0.0673. The molecule has 0 bridgehead atoms. The number of rotatable bonds is 11. The molecule has 4 rings (SSSR count). The van der Waals surface area contributed by atoms with Gasteiger partial charge in [-0.15, -0.1) is 11.3 Å². The minimum absolute atomic E-state index is 0.0673. The van der Waals surface area contributed by atoms with Gasteiger partial charge in [-0.3, -0.25) is 4.79 Å². The third-order valence-electron chi connectivity index (χ3n) is 5.21. The zero-order chi connectivity index (χ0) is 20.6. The van der Waals surface area contributed by atoms with Gasteiger partial charge in [0.15, 0.2) is 0 Å². The number of likely N-dealkylation sites (tertiary alicyclic amines) is 1. The lowest BCUT2D eigenvalue weighted by Crippen LogP contribution is -2.55. The van der Waals surface area contributed by atoms with E-state index in [1.807, 2.05) is 35.2 Å². The Hall–Kier alpha value is -2.25. The summed E-state index contributed by atoms with van der Waals surface area (Å²) in [6.07, 6.45) is 1.35. The summed E-state index contributed by atoms with van der Waals surface area (Å²) in [5.74, 6) is 0.125. The quantitative estimate of drug-likeness (QED) is 0.340. The molecule has 0 N–H and O–H groups in total. The third-order valence-corrected chi connectivity index (χ3v) is 6.11. The van der Waals surface area contributed by atoms with Crippen LogP contribution < -0.4 is 0 Å². The molecule has 0 atom stereocenters. The smallest absolute Gasteiger partial charge is 0.225 e. The summed E-state index contributed by atoms with van der Waals surface area (Å²) in [4.78, 5) is 14.0. The Morgan fingerprint density at radius 1 is 1.00 bits per heavy atom. The Morgan fingerprint density at radius 3 is 2.73 bits per heavy atom. The molecule has 1 saturated heterocycles.